The molecule has 7 heteroatoms. The molecule has 0 amide bonds. The van der Waals surface area contributed by atoms with Crippen molar-refractivity contribution in [1.82, 2.24) is 9.97 Å². The molecule has 0 saturated heterocycles. The number of alkyl halides is 3. The predicted molar refractivity (Wildman–Crippen MR) is 101 cm³/mol. The maximum absolute atomic E-state index is 13.5. The third-order valence-electron chi connectivity index (χ3n) is 4.23. The summed E-state index contributed by atoms with van der Waals surface area (Å²) in [6.07, 6.45) is -2.80. The molecule has 1 heterocycles. The monoisotopic (exact) mass is 381 g/mol. The first-order valence-electron chi connectivity index (χ1n) is 8.89. The molecule has 27 heavy (non-hydrogen) atoms. The number of nitrogens with zero attached hydrogens (tertiary/aromatic N) is 3. The normalized spacial score (nSPS) is 13.4. The second-order valence-electron chi connectivity index (χ2n) is 7.56. The molecular weight excluding hydrogens is 355 g/mol. The maximum Gasteiger partial charge on any atom is 0.421 e. The molecule has 1 unspecified atom stereocenters. The summed E-state index contributed by atoms with van der Waals surface area (Å²) in [6.45, 7) is 9.56. The van der Waals surface area contributed by atoms with Gasteiger partial charge in [-0.3, -0.25) is 0 Å². The van der Waals surface area contributed by atoms with Crippen molar-refractivity contribution in [3.05, 3.63) is 41.6 Å². The highest BCUT2D eigenvalue weighted by Gasteiger charge is 2.37. The van der Waals surface area contributed by atoms with Crippen molar-refractivity contribution in [2.24, 2.45) is 0 Å². The summed E-state index contributed by atoms with van der Waals surface area (Å²) < 4.78 is 45.9. The van der Waals surface area contributed by atoms with E-state index in [1.807, 2.05) is 12.1 Å². The largest absolute Gasteiger partial charge is 0.458 e. The van der Waals surface area contributed by atoms with E-state index >= 15 is 0 Å². The summed E-state index contributed by atoms with van der Waals surface area (Å²) in [5.74, 6) is 0.147. The van der Waals surface area contributed by atoms with Crippen LogP contribution in [0.4, 0.5) is 24.7 Å². The fraction of sp³-hybridized carbons (Fsp3) is 0.500. The first-order valence-corrected chi connectivity index (χ1v) is 8.89. The summed E-state index contributed by atoms with van der Waals surface area (Å²) >= 11 is 0. The number of benzene rings is 1. The van der Waals surface area contributed by atoms with E-state index in [2.05, 4.69) is 23.8 Å². The predicted octanol–water partition coefficient (Wildman–Crippen LogP) is 5.95. The van der Waals surface area contributed by atoms with E-state index in [1.54, 1.807) is 40.0 Å². The van der Waals surface area contributed by atoms with E-state index in [0.29, 0.717) is 11.6 Å². The molecule has 1 atom stereocenters. The molecule has 0 fully saturated rings. The molecule has 2 rings (SSSR count). The topological polar surface area (TPSA) is 38.2 Å². The van der Waals surface area contributed by atoms with Gasteiger partial charge in [0.05, 0.1) is 0 Å². The number of aromatic nitrogens is 2. The Bertz CT molecular complexity index is 768. The van der Waals surface area contributed by atoms with Gasteiger partial charge < -0.3 is 9.64 Å². The molecule has 0 spiro atoms. The van der Waals surface area contributed by atoms with Crippen LogP contribution >= 0.6 is 0 Å². The Labute approximate surface area is 158 Å². The molecule has 0 N–H and O–H groups in total. The highest BCUT2D eigenvalue weighted by atomic mass is 19.4. The van der Waals surface area contributed by atoms with Crippen molar-refractivity contribution >= 4 is 11.5 Å². The van der Waals surface area contributed by atoms with Crippen LogP contribution in [0.5, 0.6) is 6.01 Å². The average Bonchev–Trinajstić information content (AvgIpc) is 2.58. The summed E-state index contributed by atoms with van der Waals surface area (Å²) in [5, 5.41) is 0. The third-order valence-corrected chi connectivity index (χ3v) is 4.23. The van der Waals surface area contributed by atoms with E-state index in [9.17, 15) is 13.2 Å². The van der Waals surface area contributed by atoms with Crippen molar-refractivity contribution < 1.29 is 17.9 Å². The average molecular weight is 381 g/mol. The van der Waals surface area contributed by atoms with Gasteiger partial charge in [0.2, 0.25) is 0 Å². The Morgan fingerprint density at radius 1 is 1.11 bits per heavy atom. The van der Waals surface area contributed by atoms with Crippen LogP contribution in [0.1, 0.15) is 58.1 Å². The number of rotatable bonds is 5. The van der Waals surface area contributed by atoms with Gasteiger partial charge in [-0.1, -0.05) is 26.0 Å². The number of hydrogen-bond acceptors (Lipinski definition) is 4. The lowest BCUT2D eigenvalue weighted by molar-refractivity contribution is -0.137. The van der Waals surface area contributed by atoms with Crippen LogP contribution in [0.25, 0.3) is 0 Å². The number of hydrogen-bond donors (Lipinski definition) is 0. The van der Waals surface area contributed by atoms with E-state index in [0.717, 1.165) is 18.2 Å². The quantitative estimate of drug-likeness (QED) is 0.641. The van der Waals surface area contributed by atoms with Gasteiger partial charge in [0.1, 0.15) is 11.2 Å². The Hall–Kier alpha value is -2.31. The molecule has 1 aromatic carbocycles. The Morgan fingerprint density at radius 3 is 2.19 bits per heavy atom. The van der Waals surface area contributed by atoms with Crippen LogP contribution in [-0.2, 0) is 6.18 Å². The van der Waals surface area contributed by atoms with Crippen LogP contribution in [0.15, 0.2) is 30.5 Å². The lowest BCUT2D eigenvalue weighted by atomic mass is 9.98. The minimum absolute atomic E-state index is 0.0893. The molecule has 0 aliphatic heterocycles. The van der Waals surface area contributed by atoms with Gasteiger partial charge in [0, 0.05) is 18.9 Å². The van der Waals surface area contributed by atoms with Gasteiger partial charge >= 0.3 is 12.2 Å². The molecule has 148 valence electrons. The van der Waals surface area contributed by atoms with Gasteiger partial charge in [-0.15, -0.1) is 0 Å². The van der Waals surface area contributed by atoms with Gasteiger partial charge in [-0.25, -0.2) is 4.98 Å². The van der Waals surface area contributed by atoms with E-state index in [1.165, 1.54) is 4.90 Å². The number of ether oxygens (including phenoxy) is 1. The molecule has 0 saturated carbocycles. The number of anilines is 2. The van der Waals surface area contributed by atoms with Crippen LogP contribution in [-0.4, -0.2) is 22.6 Å². The molecule has 0 aliphatic rings. The number of halogens is 3. The highest BCUT2D eigenvalue weighted by Crippen LogP contribution is 2.38. The van der Waals surface area contributed by atoms with Gasteiger partial charge in [0.15, 0.2) is 5.82 Å². The Kier molecular flexibility index (Phi) is 6.02. The molecule has 1 aromatic heterocycles. The fourth-order valence-corrected chi connectivity index (χ4v) is 2.52. The van der Waals surface area contributed by atoms with E-state index in [-0.39, 0.29) is 11.8 Å². The highest BCUT2D eigenvalue weighted by molar-refractivity contribution is 5.63. The van der Waals surface area contributed by atoms with Crippen LogP contribution in [0.3, 0.4) is 0 Å². The second-order valence-corrected chi connectivity index (χ2v) is 7.56. The molecule has 4 nitrogen and oxygen atoms in total. The van der Waals surface area contributed by atoms with Crippen LogP contribution < -0.4 is 9.64 Å². The Morgan fingerprint density at radius 2 is 1.70 bits per heavy atom. The van der Waals surface area contributed by atoms with Crippen molar-refractivity contribution in [3.8, 4) is 6.01 Å². The smallest absolute Gasteiger partial charge is 0.421 e. The zero-order valence-corrected chi connectivity index (χ0v) is 16.6. The third kappa shape index (κ3) is 5.34. The molecule has 2 aromatic rings. The molecular formula is C20H26F3N3O. The minimum Gasteiger partial charge on any atom is -0.458 e. The SMILES string of the molecule is CCC(C)c1ccc(N(C)c2nc(OC(C)(C)C)ncc2C(F)(F)F)cc1. The summed E-state index contributed by atoms with van der Waals surface area (Å²) in [4.78, 5) is 9.19. The first-order chi connectivity index (χ1) is 12.4. The zero-order chi connectivity index (χ0) is 20.4. The van der Waals surface area contributed by atoms with E-state index < -0.39 is 17.3 Å². The lowest BCUT2D eigenvalue weighted by Gasteiger charge is -2.25. The standard InChI is InChI=1S/C20H26F3N3O/c1-7-13(2)14-8-10-15(11-9-14)26(6)17-16(20(21,22)23)12-24-18(25-17)27-19(3,4)5/h8-13H,7H2,1-6H3. The van der Waals surface area contributed by atoms with Crippen LogP contribution in [0.2, 0.25) is 0 Å². The van der Waals surface area contributed by atoms with Crippen molar-refractivity contribution in [2.75, 3.05) is 11.9 Å². The first kappa shape index (κ1) is 21.0. The van der Waals surface area contributed by atoms with Crippen molar-refractivity contribution in [2.45, 2.75) is 58.7 Å². The Balaban J connectivity index is 2.45. The second kappa shape index (κ2) is 7.74. The molecule has 0 radical (unpaired) electrons. The summed E-state index contributed by atoms with van der Waals surface area (Å²) in [6, 6.07) is 7.37. The maximum atomic E-state index is 13.5. The minimum atomic E-state index is -4.57. The summed E-state index contributed by atoms with van der Waals surface area (Å²) in [7, 11) is 1.55. The van der Waals surface area contributed by atoms with Gasteiger partial charge in [-0.2, -0.15) is 18.2 Å². The fourth-order valence-electron chi connectivity index (χ4n) is 2.52. The molecule has 0 bridgehead atoms. The van der Waals surface area contributed by atoms with Crippen LogP contribution in [0, 0.1) is 0 Å². The zero-order valence-electron chi connectivity index (χ0n) is 16.6. The van der Waals surface area contributed by atoms with E-state index in [4.69, 9.17) is 4.74 Å². The van der Waals surface area contributed by atoms with Crippen molar-refractivity contribution in [3.63, 3.8) is 0 Å². The lowest BCUT2D eigenvalue weighted by Crippen LogP contribution is -2.26. The molecule has 0 aliphatic carbocycles. The van der Waals surface area contributed by atoms with Gasteiger partial charge in [-0.05, 0) is 50.8 Å². The van der Waals surface area contributed by atoms with Gasteiger partial charge in [0.25, 0.3) is 0 Å². The van der Waals surface area contributed by atoms with Crippen molar-refractivity contribution in [1.29, 1.82) is 0 Å². The summed E-state index contributed by atoms with van der Waals surface area (Å²) in [5.41, 5.74) is 0.225.